The normalized spacial score (nSPS) is 20.7. The van der Waals surface area contributed by atoms with E-state index in [0.29, 0.717) is 37.0 Å². The molecule has 2 aromatic carbocycles. The van der Waals surface area contributed by atoms with E-state index >= 15 is 0 Å². The van der Waals surface area contributed by atoms with Gasteiger partial charge in [0.2, 0.25) is 0 Å². The molecule has 0 aliphatic carbocycles. The molecule has 2 aliphatic heterocycles. The number of fused-ring (bicyclic) bond motifs is 2. The molecular weight excluding hydrogens is 480 g/mol. The van der Waals surface area contributed by atoms with Crippen molar-refractivity contribution >= 4 is 38.3 Å². The highest BCUT2D eigenvalue weighted by Crippen LogP contribution is 2.32. The Kier molecular flexibility index (Phi) is 6.04. The summed E-state index contributed by atoms with van der Waals surface area (Å²) in [6.07, 6.45) is -1.02. The van der Waals surface area contributed by atoms with Crippen molar-refractivity contribution in [3.05, 3.63) is 59.7 Å². The van der Waals surface area contributed by atoms with Crippen LogP contribution in [0.25, 0.3) is 10.9 Å². The molecule has 2 N–H and O–H groups in total. The molecule has 0 radical (unpaired) electrons. The molecule has 0 bridgehead atoms. The predicted octanol–water partition coefficient (Wildman–Crippen LogP) is 3.86. The summed E-state index contributed by atoms with van der Waals surface area (Å²) in [6.45, 7) is 6.90. The van der Waals surface area contributed by atoms with Gasteiger partial charge in [-0.05, 0) is 44.5 Å². The van der Waals surface area contributed by atoms with Crippen LogP contribution in [0.1, 0.15) is 25.0 Å². The fourth-order valence-electron chi connectivity index (χ4n) is 5.04. The van der Waals surface area contributed by atoms with Gasteiger partial charge in [0.15, 0.2) is 9.84 Å². The lowest BCUT2D eigenvalue weighted by Crippen LogP contribution is -2.49. The Morgan fingerprint density at radius 3 is 2.78 bits per heavy atom. The molecule has 9 nitrogen and oxygen atoms in total. The zero-order valence-electron chi connectivity index (χ0n) is 20.6. The highest BCUT2D eigenvalue weighted by molar-refractivity contribution is 7.91. The molecule has 1 fully saturated rings. The van der Waals surface area contributed by atoms with E-state index in [1.807, 2.05) is 48.2 Å². The highest BCUT2D eigenvalue weighted by Gasteiger charge is 2.43. The number of carboxylic acid groups (broad SMARTS) is 1. The van der Waals surface area contributed by atoms with Crippen LogP contribution in [0.4, 0.5) is 16.3 Å². The van der Waals surface area contributed by atoms with Crippen molar-refractivity contribution < 1.29 is 23.1 Å². The molecule has 3 aromatic rings. The lowest BCUT2D eigenvalue weighted by Gasteiger charge is -2.31. The molecule has 1 amide bonds. The molecule has 10 heteroatoms. The number of anilines is 2. The quantitative estimate of drug-likeness (QED) is 0.544. The van der Waals surface area contributed by atoms with Gasteiger partial charge in [0.05, 0.1) is 28.8 Å². The number of aryl methyl sites for hydroxylation is 1. The summed E-state index contributed by atoms with van der Waals surface area (Å²) in [5.74, 6) is 0.668. The zero-order valence-corrected chi connectivity index (χ0v) is 21.4. The Morgan fingerprint density at radius 2 is 2.00 bits per heavy atom. The number of benzene rings is 2. The molecule has 2 aliphatic rings. The van der Waals surface area contributed by atoms with Crippen LogP contribution < -0.4 is 10.2 Å². The molecule has 3 heterocycles. The molecule has 1 unspecified atom stereocenters. The number of pyridine rings is 1. The summed E-state index contributed by atoms with van der Waals surface area (Å²) >= 11 is 0. The van der Waals surface area contributed by atoms with E-state index < -0.39 is 21.7 Å². The van der Waals surface area contributed by atoms with Gasteiger partial charge < -0.3 is 20.1 Å². The van der Waals surface area contributed by atoms with Gasteiger partial charge in [0, 0.05) is 36.8 Å². The van der Waals surface area contributed by atoms with Crippen LogP contribution in [0.5, 0.6) is 0 Å². The Hall–Kier alpha value is -3.37. The first-order valence-corrected chi connectivity index (χ1v) is 13.6. The van der Waals surface area contributed by atoms with Crippen LogP contribution in [-0.4, -0.2) is 66.7 Å². The number of rotatable bonds is 4. The van der Waals surface area contributed by atoms with Crippen LogP contribution in [-0.2, 0) is 21.1 Å². The molecule has 0 saturated carbocycles. The molecule has 5 rings (SSSR count). The summed E-state index contributed by atoms with van der Waals surface area (Å²) in [4.78, 5) is 20.5. The van der Waals surface area contributed by atoms with Gasteiger partial charge in [-0.25, -0.2) is 18.2 Å². The second-order valence-electron chi connectivity index (χ2n) is 9.84. The number of carbonyl (C=O) groups is 1. The summed E-state index contributed by atoms with van der Waals surface area (Å²) in [6, 6.07) is 14.7. The van der Waals surface area contributed by atoms with Gasteiger partial charge in [-0.3, -0.25) is 4.90 Å². The number of hydrogen-bond acceptors (Lipinski definition) is 7. The van der Waals surface area contributed by atoms with E-state index in [0.717, 1.165) is 27.7 Å². The van der Waals surface area contributed by atoms with Crippen molar-refractivity contribution in [3.63, 3.8) is 0 Å². The first-order chi connectivity index (χ1) is 17.0. The van der Waals surface area contributed by atoms with E-state index in [1.165, 1.54) is 4.90 Å². The molecule has 1 atom stereocenters. The van der Waals surface area contributed by atoms with Gasteiger partial charge in [-0.1, -0.05) is 29.8 Å². The maximum absolute atomic E-state index is 12.9. The predicted molar refractivity (Wildman–Crippen MR) is 138 cm³/mol. The lowest BCUT2D eigenvalue weighted by molar-refractivity contribution is -0.0416. The third-order valence-electron chi connectivity index (χ3n) is 6.88. The maximum Gasteiger partial charge on any atom is 0.409 e. The van der Waals surface area contributed by atoms with Crippen LogP contribution in [0, 0.1) is 6.92 Å². The highest BCUT2D eigenvalue weighted by atomic mass is 32.2. The fourth-order valence-corrected chi connectivity index (χ4v) is 6.54. The minimum absolute atomic E-state index is 0.00244. The number of ether oxygens (including phenoxy) is 1. The first kappa shape index (κ1) is 24.3. The van der Waals surface area contributed by atoms with Crippen LogP contribution in [0.15, 0.2) is 53.4 Å². The average molecular weight is 511 g/mol. The van der Waals surface area contributed by atoms with Gasteiger partial charge >= 0.3 is 6.09 Å². The monoisotopic (exact) mass is 510 g/mol. The first-order valence-electron chi connectivity index (χ1n) is 11.9. The molecule has 190 valence electrons. The standard InChI is InChI=1S/C26H30N4O5S/c1-17-8-9-21-20(12-17)22(27-14-19-16-35-26(2,3)30(19)25(31)32)13-24(28-21)29-10-11-36(33,34)23-7-5-4-6-18(23)15-29/h4-9,12-13,19H,10-11,14-16H2,1-3H3,(H,27,28)(H,31,32). The van der Waals surface area contributed by atoms with E-state index in [4.69, 9.17) is 9.72 Å². The van der Waals surface area contributed by atoms with E-state index in [-0.39, 0.29) is 11.8 Å². The number of nitrogens with zero attached hydrogens (tertiary/aromatic N) is 3. The molecule has 0 spiro atoms. The topological polar surface area (TPSA) is 112 Å². The zero-order chi connectivity index (χ0) is 25.7. The van der Waals surface area contributed by atoms with E-state index in [2.05, 4.69) is 5.32 Å². The molecular formula is C26H30N4O5S. The largest absolute Gasteiger partial charge is 0.465 e. The number of amides is 1. The van der Waals surface area contributed by atoms with Crippen molar-refractivity contribution in [1.29, 1.82) is 0 Å². The van der Waals surface area contributed by atoms with E-state index in [1.54, 1.807) is 26.0 Å². The number of hydrogen-bond donors (Lipinski definition) is 2. The second-order valence-corrected chi connectivity index (χ2v) is 11.9. The van der Waals surface area contributed by atoms with Crippen molar-refractivity contribution in [2.75, 3.05) is 35.7 Å². The van der Waals surface area contributed by atoms with Gasteiger partial charge in [-0.15, -0.1) is 0 Å². The summed E-state index contributed by atoms with van der Waals surface area (Å²) < 4.78 is 31.4. The van der Waals surface area contributed by atoms with Gasteiger partial charge in [0.25, 0.3) is 0 Å². The molecule has 36 heavy (non-hydrogen) atoms. The number of sulfone groups is 1. The molecule has 1 aromatic heterocycles. The van der Waals surface area contributed by atoms with Crippen LogP contribution in [0.3, 0.4) is 0 Å². The summed E-state index contributed by atoms with van der Waals surface area (Å²) in [7, 11) is -3.38. The van der Waals surface area contributed by atoms with Gasteiger partial charge in [0.1, 0.15) is 11.5 Å². The fraction of sp³-hybridized carbons (Fsp3) is 0.385. The van der Waals surface area contributed by atoms with Crippen molar-refractivity contribution in [3.8, 4) is 0 Å². The third kappa shape index (κ3) is 4.46. The Balaban J connectivity index is 1.50. The SMILES string of the molecule is Cc1ccc2nc(N3CCS(=O)(=O)c4ccccc4C3)cc(NCC3COC(C)(C)N3C(=O)O)c2c1. The van der Waals surface area contributed by atoms with Gasteiger partial charge in [-0.2, -0.15) is 0 Å². The smallest absolute Gasteiger partial charge is 0.409 e. The minimum Gasteiger partial charge on any atom is -0.465 e. The van der Waals surface area contributed by atoms with Crippen LogP contribution in [0.2, 0.25) is 0 Å². The van der Waals surface area contributed by atoms with E-state index in [9.17, 15) is 18.3 Å². The van der Waals surface area contributed by atoms with Crippen molar-refractivity contribution in [2.45, 2.75) is 44.0 Å². The Labute approximate surface area is 210 Å². The van der Waals surface area contributed by atoms with Crippen LogP contribution >= 0.6 is 0 Å². The Morgan fingerprint density at radius 1 is 1.22 bits per heavy atom. The summed E-state index contributed by atoms with van der Waals surface area (Å²) in [5.41, 5.74) is 2.52. The van der Waals surface area contributed by atoms with Crippen molar-refractivity contribution in [1.82, 2.24) is 9.88 Å². The summed E-state index contributed by atoms with van der Waals surface area (Å²) in [5, 5.41) is 14.1. The average Bonchev–Trinajstić information content (AvgIpc) is 3.06. The molecule has 1 saturated heterocycles. The third-order valence-corrected chi connectivity index (χ3v) is 8.67. The minimum atomic E-state index is -3.38. The number of aromatic nitrogens is 1. The lowest BCUT2D eigenvalue weighted by atomic mass is 10.1. The maximum atomic E-state index is 12.9. The Bertz CT molecular complexity index is 1440. The number of nitrogens with one attached hydrogen (secondary N) is 1. The second kappa shape index (κ2) is 8.94. The van der Waals surface area contributed by atoms with Crippen molar-refractivity contribution in [2.24, 2.45) is 0 Å².